The second kappa shape index (κ2) is 13.5. The van der Waals surface area contributed by atoms with Gasteiger partial charge in [-0.15, -0.1) is 10.2 Å². The van der Waals surface area contributed by atoms with E-state index in [0.29, 0.717) is 30.9 Å². The number of hydrogen-bond acceptors (Lipinski definition) is 10. The van der Waals surface area contributed by atoms with Gasteiger partial charge in [-0.05, 0) is 81.8 Å². The third kappa shape index (κ3) is 7.02. The molecular weight excluding hydrogens is 604 g/mol. The van der Waals surface area contributed by atoms with Crippen molar-refractivity contribution in [3.63, 3.8) is 0 Å². The maximum absolute atomic E-state index is 5.86. The number of nitrogens with zero attached hydrogens (tertiary/aromatic N) is 10. The summed E-state index contributed by atoms with van der Waals surface area (Å²) >= 11 is 0. The van der Waals surface area contributed by atoms with Gasteiger partial charge in [0, 0.05) is 44.2 Å². The van der Waals surface area contributed by atoms with Crippen LogP contribution in [0.2, 0.25) is 0 Å². The highest BCUT2D eigenvalue weighted by atomic mass is 16.5. The standard InChI is InChI=1S/C19H21N5O.C17H19N5O/c1-2-11-23(10-1)17-5-3-4-15(20-17)13-25-19-9-8-18-21-16(14-6-7-14)12-24(18)22-19;1-13-11-22-16(18-13)7-8-17(20-22)23-12-14-5-4-6-15(19-14)21-9-2-3-10-21/h3-5,8-9,12,14H,1-2,6-7,10-11,13H2;4-8,11H,2-3,9-10,12H2,1H3. The minimum absolute atomic E-state index is 0.411. The minimum atomic E-state index is 0.411. The molecule has 0 N–H and O–H groups in total. The van der Waals surface area contributed by atoms with Crippen LogP contribution in [0, 0.1) is 6.92 Å². The highest BCUT2D eigenvalue weighted by molar-refractivity contribution is 5.43. The van der Waals surface area contributed by atoms with Crippen LogP contribution in [0.4, 0.5) is 11.6 Å². The van der Waals surface area contributed by atoms with Crippen molar-refractivity contribution in [2.75, 3.05) is 36.0 Å². The zero-order chi connectivity index (χ0) is 32.3. The predicted molar refractivity (Wildman–Crippen MR) is 183 cm³/mol. The van der Waals surface area contributed by atoms with Crippen molar-refractivity contribution in [3.8, 4) is 11.8 Å². The van der Waals surface area contributed by atoms with Crippen LogP contribution in [0.5, 0.6) is 11.8 Å². The van der Waals surface area contributed by atoms with Gasteiger partial charge in [-0.1, -0.05) is 12.1 Å². The number of anilines is 2. The molecule has 0 unspecified atom stereocenters. The summed E-state index contributed by atoms with van der Waals surface area (Å²) < 4.78 is 15.2. The monoisotopic (exact) mass is 644 g/mol. The lowest BCUT2D eigenvalue weighted by Gasteiger charge is -2.16. The number of imidazole rings is 2. The van der Waals surface area contributed by atoms with Crippen LogP contribution in [0.3, 0.4) is 0 Å². The lowest BCUT2D eigenvalue weighted by molar-refractivity contribution is 0.284. The van der Waals surface area contributed by atoms with Crippen LogP contribution in [0.1, 0.15) is 67.2 Å². The van der Waals surface area contributed by atoms with Gasteiger partial charge < -0.3 is 19.3 Å². The molecule has 246 valence electrons. The van der Waals surface area contributed by atoms with Crippen molar-refractivity contribution in [1.29, 1.82) is 0 Å². The van der Waals surface area contributed by atoms with Crippen molar-refractivity contribution in [2.24, 2.45) is 0 Å². The first kappa shape index (κ1) is 30.1. The molecule has 12 nitrogen and oxygen atoms in total. The maximum atomic E-state index is 5.86. The van der Waals surface area contributed by atoms with Crippen molar-refractivity contribution in [1.82, 2.24) is 39.2 Å². The Hall–Kier alpha value is -5.26. The average Bonchev–Trinajstić information content (AvgIpc) is 3.56. The zero-order valence-corrected chi connectivity index (χ0v) is 27.3. The first-order valence-corrected chi connectivity index (χ1v) is 17.0. The molecule has 1 aliphatic carbocycles. The summed E-state index contributed by atoms with van der Waals surface area (Å²) in [6.07, 6.45) is 11.4. The summed E-state index contributed by atoms with van der Waals surface area (Å²) in [7, 11) is 0. The Bertz CT molecular complexity index is 2010. The van der Waals surface area contributed by atoms with Crippen LogP contribution in [0.25, 0.3) is 11.3 Å². The van der Waals surface area contributed by atoms with E-state index in [4.69, 9.17) is 19.4 Å². The van der Waals surface area contributed by atoms with Gasteiger partial charge in [0.1, 0.15) is 24.8 Å². The zero-order valence-electron chi connectivity index (χ0n) is 27.3. The van der Waals surface area contributed by atoms with E-state index in [1.54, 1.807) is 4.52 Å². The van der Waals surface area contributed by atoms with Gasteiger partial charge in [0.25, 0.3) is 0 Å². The summed E-state index contributed by atoms with van der Waals surface area (Å²) in [4.78, 5) is 23.0. The van der Waals surface area contributed by atoms with Crippen molar-refractivity contribution in [3.05, 3.63) is 95.8 Å². The highest BCUT2D eigenvalue weighted by Gasteiger charge is 2.26. The molecule has 3 aliphatic rings. The average molecular weight is 645 g/mol. The molecular formula is C36H40N10O2. The van der Waals surface area contributed by atoms with Crippen molar-refractivity contribution >= 4 is 22.9 Å². The first-order valence-electron chi connectivity index (χ1n) is 17.0. The van der Waals surface area contributed by atoms with E-state index in [1.807, 2.05) is 72.4 Å². The number of fused-ring (bicyclic) bond motifs is 2. The maximum Gasteiger partial charge on any atom is 0.232 e. The van der Waals surface area contributed by atoms with Crippen LogP contribution in [0.15, 0.2) is 73.1 Å². The lowest BCUT2D eigenvalue weighted by Crippen LogP contribution is -2.19. The SMILES string of the molecule is Cc1cn2nc(OCc3cccc(N4CCCC4)n3)ccc2n1.c1cc(COc2ccc3nc(C4CC4)cn3n2)nc(N2CCCC2)c1. The molecule has 0 bridgehead atoms. The normalized spacial score (nSPS) is 16.0. The number of rotatable bonds is 9. The number of ether oxygens (including phenoxy) is 2. The molecule has 3 fully saturated rings. The fraction of sp³-hybridized carbons (Fsp3) is 0.389. The third-order valence-corrected chi connectivity index (χ3v) is 8.91. The summed E-state index contributed by atoms with van der Waals surface area (Å²) in [6, 6.07) is 19.8. The number of aromatic nitrogens is 8. The molecule has 8 heterocycles. The largest absolute Gasteiger partial charge is 0.470 e. The highest BCUT2D eigenvalue weighted by Crippen LogP contribution is 2.39. The summed E-state index contributed by atoms with van der Waals surface area (Å²) in [5, 5.41) is 8.92. The Balaban J connectivity index is 0.000000141. The molecule has 6 aromatic rings. The molecule has 1 saturated carbocycles. The molecule has 6 aromatic heterocycles. The Morgan fingerprint density at radius 1 is 0.604 bits per heavy atom. The number of aryl methyl sites for hydroxylation is 1. The molecule has 12 heteroatoms. The third-order valence-electron chi connectivity index (χ3n) is 8.91. The topological polar surface area (TPSA) is 111 Å². The van der Waals surface area contributed by atoms with Gasteiger partial charge in [0.15, 0.2) is 11.3 Å². The summed E-state index contributed by atoms with van der Waals surface area (Å²) in [5.41, 5.74) is 5.63. The molecule has 2 aliphatic heterocycles. The Morgan fingerprint density at radius 3 is 1.67 bits per heavy atom. The van der Waals surface area contributed by atoms with E-state index in [9.17, 15) is 0 Å². The smallest absolute Gasteiger partial charge is 0.232 e. The van der Waals surface area contributed by atoms with E-state index in [-0.39, 0.29) is 0 Å². The van der Waals surface area contributed by atoms with Crippen molar-refractivity contribution in [2.45, 2.75) is 64.6 Å². The molecule has 9 rings (SSSR count). The van der Waals surface area contributed by atoms with E-state index < -0.39 is 0 Å². The molecule has 0 aromatic carbocycles. The van der Waals surface area contributed by atoms with Gasteiger partial charge in [-0.25, -0.2) is 29.0 Å². The molecule has 2 saturated heterocycles. The van der Waals surface area contributed by atoms with Gasteiger partial charge >= 0.3 is 0 Å². The molecule has 0 radical (unpaired) electrons. The molecule has 48 heavy (non-hydrogen) atoms. The second-order valence-corrected chi connectivity index (χ2v) is 12.7. The molecule has 0 spiro atoms. The first-order chi connectivity index (χ1) is 23.6. The summed E-state index contributed by atoms with van der Waals surface area (Å²) in [6.45, 7) is 7.16. The van der Waals surface area contributed by atoms with Gasteiger partial charge in [-0.2, -0.15) is 0 Å². The van der Waals surface area contributed by atoms with Gasteiger partial charge in [-0.3, -0.25) is 0 Å². The second-order valence-electron chi connectivity index (χ2n) is 12.7. The minimum Gasteiger partial charge on any atom is -0.470 e. The fourth-order valence-corrected chi connectivity index (χ4v) is 6.23. The number of hydrogen-bond donors (Lipinski definition) is 0. The van der Waals surface area contributed by atoms with Gasteiger partial charge in [0.05, 0.1) is 35.2 Å². The van der Waals surface area contributed by atoms with E-state index in [0.717, 1.165) is 71.9 Å². The van der Waals surface area contributed by atoms with Crippen LogP contribution >= 0.6 is 0 Å². The van der Waals surface area contributed by atoms with E-state index in [2.05, 4.69) is 42.1 Å². The Morgan fingerprint density at radius 2 is 1.12 bits per heavy atom. The van der Waals surface area contributed by atoms with Crippen LogP contribution in [-0.4, -0.2) is 65.3 Å². The van der Waals surface area contributed by atoms with Crippen molar-refractivity contribution < 1.29 is 9.47 Å². The number of pyridine rings is 2. The van der Waals surface area contributed by atoms with E-state index >= 15 is 0 Å². The molecule has 0 amide bonds. The van der Waals surface area contributed by atoms with E-state index in [1.165, 1.54) is 38.5 Å². The van der Waals surface area contributed by atoms with Crippen LogP contribution < -0.4 is 19.3 Å². The Labute approximate surface area is 279 Å². The predicted octanol–water partition coefficient (Wildman–Crippen LogP) is 5.79. The fourth-order valence-electron chi connectivity index (χ4n) is 6.23. The van der Waals surface area contributed by atoms with Gasteiger partial charge in [0.2, 0.25) is 11.8 Å². The van der Waals surface area contributed by atoms with Crippen LogP contribution in [-0.2, 0) is 13.2 Å². The molecule has 0 atom stereocenters. The summed E-state index contributed by atoms with van der Waals surface area (Å²) in [5.74, 6) is 3.88. The Kier molecular flexibility index (Phi) is 8.44. The quantitative estimate of drug-likeness (QED) is 0.192. The lowest BCUT2D eigenvalue weighted by atomic mass is 10.3.